The first-order valence-electron chi connectivity index (χ1n) is 12.3. The van der Waals surface area contributed by atoms with E-state index in [1.54, 1.807) is 0 Å². The van der Waals surface area contributed by atoms with Gasteiger partial charge in [-0.15, -0.1) is 0 Å². The molecule has 0 spiro atoms. The molecule has 2 rings (SSSR count). The van der Waals surface area contributed by atoms with Gasteiger partial charge in [0.25, 0.3) is 0 Å². The first-order chi connectivity index (χ1) is 12.7. The summed E-state index contributed by atoms with van der Waals surface area (Å²) < 4.78 is 0. The minimum atomic E-state index is 0.538. The van der Waals surface area contributed by atoms with Gasteiger partial charge >= 0.3 is 0 Å². The van der Waals surface area contributed by atoms with Crippen LogP contribution in [-0.2, 0) is 4.79 Å². The van der Waals surface area contributed by atoms with E-state index in [4.69, 9.17) is 0 Å². The molecule has 0 aliphatic heterocycles. The van der Waals surface area contributed by atoms with Crippen LogP contribution in [0.2, 0.25) is 0 Å². The number of Topliss-reactive ketones (excluding diaryl/α,β-unsaturated/α-hetero) is 1. The second-order valence-electron chi connectivity index (χ2n) is 9.46. The second-order valence-corrected chi connectivity index (χ2v) is 9.46. The molecule has 0 aromatic rings. The van der Waals surface area contributed by atoms with Crippen molar-refractivity contribution in [3.8, 4) is 0 Å². The van der Waals surface area contributed by atoms with Gasteiger partial charge in [0.15, 0.2) is 0 Å². The Kier molecular flexibility index (Phi) is 10.9. The van der Waals surface area contributed by atoms with Crippen LogP contribution in [0.15, 0.2) is 0 Å². The van der Waals surface area contributed by atoms with Crippen LogP contribution in [0.4, 0.5) is 0 Å². The predicted molar refractivity (Wildman–Crippen MR) is 113 cm³/mol. The van der Waals surface area contributed by atoms with Crippen molar-refractivity contribution in [2.75, 3.05) is 0 Å². The molecule has 1 nitrogen and oxygen atoms in total. The monoisotopic (exact) mass is 362 g/mol. The van der Waals surface area contributed by atoms with Crippen molar-refractivity contribution in [1.82, 2.24) is 0 Å². The van der Waals surface area contributed by atoms with E-state index >= 15 is 0 Å². The van der Waals surface area contributed by atoms with E-state index in [2.05, 4.69) is 13.8 Å². The zero-order valence-corrected chi connectivity index (χ0v) is 17.9. The minimum absolute atomic E-state index is 0.538. The average Bonchev–Trinajstić information content (AvgIpc) is 2.69. The number of carbonyl (C=O) groups is 1. The molecule has 0 aromatic carbocycles. The van der Waals surface area contributed by atoms with Gasteiger partial charge in [0.05, 0.1) is 0 Å². The molecule has 0 aromatic heterocycles. The van der Waals surface area contributed by atoms with Crippen LogP contribution in [-0.4, -0.2) is 5.78 Å². The van der Waals surface area contributed by atoms with Gasteiger partial charge in [0.2, 0.25) is 0 Å². The predicted octanol–water partition coefficient (Wildman–Crippen LogP) is 8.11. The fraction of sp³-hybridized carbons (Fsp3) is 0.960. The molecule has 4 atom stereocenters. The van der Waals surface area contributed by atoms with Gasteiger partial charge in [-0.05, 0) is 36.5 Å². The first-order valence-corrected chi connectivity index (χ1v) is 12.3. The van der Waals surface area contributed by atoms with Crippen LogP contribution in [0.25, 0.3) is 0 Å². The molecule has 2 aliphatic carbocycles. The zero-order chi connectivity index (χ0) is 18.6. The molecule has 0 saturated heterocycles. The molecule has 0 N–H and O–H groups in total. The molecule has 4 unspecified atom stereocenters. The Morgan fingerprint density at radius 1 is 0.615 bits per heavy atom. The molecule has 2 aliphatic rings. The molecule has 2 fully saturated rings. The summed E-state index contributed by atoms with van der Waals surface area (Å²) in [5, 5.41) is 0. The van der Waals surface area contributed by atoms with Crippen molar-refractivity contribution in [1.29, 1.82) is 0 Å². The topological polar surface area (TPSA) is 17.1 Å². The lowest BCUT2D eigenvalue weighted by Crippen LogP contribution is -2.19. The molecule has 1 heteroatoms. The highest BCUT2D eigenvalue weighted by molar-refractivity contribution is 5.78. The second kappa shape index (κ2) is 12.9. The standard InChI is InChI=1S/C25H46O/c1-3-21-13-5-7-15-23(21)17-9-11-19-25(26)20-12-10-18-24-16-8-6-14-22(24)4-2/h21-24H,3-20H2,1-2H3. The number of hydrogen-bond donors (Lipinski definition) is 0. The van der Waals surface area contributed by atoms with Crippen LogP contribution in [0.3, 0.4) is 0 Å². The molecular weight excluding hydrogens is 316 g/mol. The zero-order valence-electron chi connectivity index (χ0n) is 17.9. The van der Waals surface area contributed by atoms with Crippen molar-refractivity contribution < 1.29 is 4.79 Å². The van der Waals surface area contributed by atoms with E-state index in [0.29, 0.717) is 5.78 Å². The van der Waals surface area contributed by atoms with E-state index in [0.717, 1.165) is 49.4 Å². The van der Waals surface area contributed by atoms with Crippen molar-refractivity contribution in [2.45, 2.75) is 129 Å². The number of rotatable bonds is 12. The van der Waals surface area contributed by atoms with Crippen molar-refractivity contribution in [3.63, 3.8) is 0 Å². The fourth-order valence-corrected chi connectivity index (χ4v) is 5.99. The summed E-state index contributed by atoms with van der Waals surface area (Å²) in [6, 6.07) is 0. The lowest BCUT2D eigenvalue weighted by molar-refractivity contribution is -0.119. The van der Waals surface area contributed by atoms with Crippen LogP contribution in [0.5, 0.6) is 0 Å². The normalized spacial score (nSPS) is 29.6. The molecule has 0 radical (unpaired) electrons. The third-order valence-corrected chi connectivity index (χ3v) is 7.74. The van der Waals surface area contributed by atoms with Gasteiger partial charge in [-0.25, -0.2) is 0 Å². The van der Waals surface area contributed by atoms with Crippen LogP contribution in [0.1, 0.15) is 129 Å². The molecule has 152 valence electrons. The Morgan fingerprint density at radius 3 is 1.38 bits per heavy atom. The maximum Gasteiger partial charge on any atom is 0.132 e. The maximum atomic E-state index is 12.2. The van der Waals surface area contributed by atoms with Crippen LogP contribution in [0, 0.1) is 23.7 Å². The molecule has 2 saturated carbocycles. The lowest BCUT2D eigenvalue weighted by Gasteiger charge is -2.31. The summed E-state index contributed by atoms with van der Waals surface area (Å²) in [7, 11) is 0. The van der Waals surface area contributed by atoms with Crippen LogP contribution < -0.4 is 0 Å². The van der Waals surface area contributed by atoms with E-state index in [-0.39, 0.29) is 0 Å². The summed E-state index contributed by atoms with van der Waals surface area (Å²) in [5.74, 6) is 4.42. The number of hydrogen-bond acceptors (Lipinski definition) is 1. The average molecular weight is 363 g/mol. The van der Waals surface area contributed by atoms with Crippen LogP contribution >= 0.6 is 0 Å². The Labute approximate surface area is 164 Å². The van der Waals surface area contributed by atoms with E-state index < -0.39 is 0 Å². The highest BCUT2D eigenvalue weighted by atomic mass is 16.1. The molecule has 0 bridgehead atoms. The molecule has 26 heavy (non-hydrogen) atoms. The number of unbranched alkanes of at least 4 members (excludes halogenated alkanes) is 2. The van der Waals surface area contributed by atoms with E-state index in [1.165, 1.54) is 89.9 Å². The van der Waals surface area contributed by atoms with E-state index in [9.17, 15) is 4.79 Å². The number of ketones is 1. The first kappa shape index (κ1) is 22.0. The minimum Gasteiger partial charge on any atom is -0.300 e. The van der Waals surface area contributed by atoms with Gasteiger partial charge in [0, 0.05) is 12.8 Å². The quantitative estimate of drug-likeness (QED) is 0.320. The number of carbonyl (C=O) groups excluding carboxylic acids is 1. The fourth-order valence-electron chi connectivity index (χ4n) is 5.99. The summed E-state index contributed by atoms with van der Waals surface area (Å²) in [6.45, 7) is 4.73. The third kappa shape index (κ3) is 7.73. The summed E-state index contributed by atoms with van der Waals surface area (Å²) >= 11 is 0. The van der Waals surface area contributed by atoms with Gasteiger partial charge in [-0.2, -0.15) is 0 Å². The molecule has 0 amide bonds. The largest absolute Gasteiger partial charge is 0.300 e. The summed E-state index contributed by atoms with van der Waals surface area (Å²) in [6.07, 6.45) is 23.7. The van der Waals surface area contributed by atoms with Crippen molar-refractivity contribution >= 4 is 5.78 Å². The third-order valence-electron chi connectivity index (χ3n) is 7.74. The Bertz CT molecular complexity index is 340. The highest BCUT2D eigenvalue weighted by Crippen LogP contribution is 2.36. The van der Waals surface area contributed by atoms with Gasteiger partial charge in [0.1, 0.15) is 5.78 Å². The Morgan fingerprint density at radius 2 is 1.00 bits per heavy atom. The highest BCUT2D eigenvalue weighted by Gasteiger charge is 2.24. The van der Waals surface area contributed by atoms with Crippen molar-refractivity contribution in [3.05, 3.63) is 0 Å². The molecule has 0 heterocycles. The van der Waals surface area contributed by atoms with Gasteiger partial charge in [-0.1, -0.05) is 104 Å². The molecular formula is C25H46O. The van der Waals surface area contributed by atoms with Gasteiger partial charge < -0.3 is 0 Å². The van der Waals surface area contributed by atoms with E-state index in [1.807, 2.05) is 0 Å². The summed E-state index contributed by atoms with van der Waals surface area (Å²) in [4.78, 5) is 12.2. The summed E-state index contributed by atoms with van der Waals surface area (Å²) in [5.41, 5.74) is 0. The maximum absolute atomic E-state index is 12.2. The SMILES string of the molecule is CCC1CCCCC1CCCCC(=O)CCCCC1CCCCC1CC. The van der Waals surface area contributed by atoms with Crippen molar-refractivity contribution in [2.24, 2.45) is 23.7 Å². The van der Waals surface area contributed by atoms with Gasteiger partial charge in [-0.3, -0.25) is 4.79 Å². The Hall–Kier alpha value is -0.330. The Balaban J connectivity index is 1.48. The smallest absolute Gasteiger partial charge is 0.132 e. The lowest BCUT2D eigenvalue weighted by atomic mass is 9.75.